The highest BCUT2D eigenvalue weighted by molar-refractivity contribution is 5.88. The number of hydrogen-bond donors (Lipinski definition) is 3. The molecular formula is C15H16O4. The van der Waals surface area contributed by atoms with Crippen molar-refractivity contribution in [2.45, 2.75) is 25.6 Å². The Morgan fingerprint density at radius 2 is 1.74 bits per heavy atom. The maximum absolute atomic E-state index is 10.6. The van der Waals surface area contributed by atoms with E-state index in [1.165, 1.54) is 0 Å². The molecule has 2 atom stereocenters. The predicted octanol–water partition coefficient (Wildman–Crippen LogP) is 2.02. The molecule has 2 rings (SSSR count). The summed E-state index contributed by atoms with van der Waals surface area (Å²) in [5.41, 5.74) is 1.62. The van der Waals surface area contributed by atoms with Gasteiger partial charge in [-0.3, -0.25) is 4.79 Å². The highest BCUT2D eigenvalue weighted by Gasteiger charge is 2.22. The summed E-state index contributed by atoms with van der Waals surface area (Å²) in [6.07, 6.45) is -3.01. The molecular weight excluding hydrogens is 244 g/mol. The highest BCUT2D eigenvalue weighted by atomic mass is 16.4. The van der Waals surface area contributed by atoms with Gasteiger partial charge in [-0.05, 0) is 28.8 Å². The Hall–Kier alpha value is -1.91. The van der Waals surface area contributed by atoms with Crippen LogP contribution in [0.3, 0.4) is 0 Å². The molecule has 0 saturated heterocycles. The average Bonchev–Trinajstić information content (AvgIpc) is 2.38. The molecule has 0 radical (unpaired) electrons. The number of aryl methyl sites for hydroxylation is 1. The van der Waals surface area contributed by atoms with Gasteiger partial charge in [-0.15, -0.1) is 0 Å². The summed E-state index contributed by atoms with van der Waals surface area (Å²) in [5.74, 6) is -1.14. The summed E-state index contributed by atoms with van der Waals surface area (Å²) < 4.78 is 0. The van der Waals surface area contributed by atoms with Crippen molar-refractivity contribution in [2.75, 3.05) is 0 Å². The van der Waals surface area contributed by atoms with Crippen molar-refractivity contribution in [1.29, 1.82) is 0 Å². The SMILES string of the molecule is Cc1ccc(C(O)C(O)CC(=O)O)c2ccccc12. The van der Waals surface area contributed by atoms with Gasteiger partial charge in [-0.2, -0.15) is 0 Å². The number of aliphatic hydroxyl groups excluding tert-OH is 2. The number of carbonyl (C=O) groups is 1. The van der Waals surface area contributed by atoms with Crippen LogP contribution < -0.4 is 0 Å². The molecule has 2 aromatic rings. The first-order chi connectivity index (χ1) is 9.00. The summed E-state index contributed by atoms with van der Waals surface area (Å²) in [6.45, 7) is 1.96. The molecule has 0 aliphatic rings. The molecule has 0 heterocycles. The van der Waals surface area contributed by atoms with E-state index in [1.54, 1.807) is 6.07 Å². The number of benzene rings is 2. The average molecular weight is 260 g/mol. The van der Waals surface area contributed by atoms with Crippen molar-refractivity contribution in [3.8, 4) is 0 Å². The molecule has 2 aromatic carbocycles. The standard InChI is InChI=1S/C15H16O4/c1-9-6-7-12(11-5-3-2-4-10(9)11)15(19)13(16)8-14(17)18/h2-7,13,15-16,19H,8H2,1H3,(H,17,18). The Morgan fingerprint density at radius 1 is 1.11 bits per heavy atom. The Labute approximate surface area is 110 Å². The van der Waals surface area contributed by atoms with E-state index >= 15 is 0 Å². The second-order valence-electron chi connectivity index (χ2n) is 4.63. The van der Waals surface area contributed by atoms with Crippen LogP contribution in [0.25, 0.3) is 10.8 Å². The summed E-state index contributed by atoms with van der Waals surface area (Å²) in [4.78, 5) is 10.6. The Bertz CT molecular complexity index is 606. The van der Waals surface area contributed by atoms with Crippen LogP contribution in [-0.4, -0.2) is 27.4 Å². The molecule has 0 aromatic heterocycles. The highest BCUT2D eigenvalue weighted by Crippen LogP contribution is 2.29. The van der Waals surface area contributed by atoms with Crippen LogP contribution in [0.1, 0.15) is 23.7 Å². The van der Waals surface area contributed by atoms with Crippen molar-refractivity contribution < 1.29 is 20.1 Å². The second kappa shape index (κ2) is 5.38. The molecule has 4 heteroatoms. The van der Waals surface area contributed by atoms with E-state index in [9.17, 15) is 15.0 Å². The van der Waals surface area contributed by atoms with Gasteiger partial charge < -0.3 is 15.3 Å². The van der Waals surface area contributed by atoms with Crippen LogP contribution >= 0.6 is 0 Å². The summed E-state index contributed by atoms with van der Waals surface area (Å²) in [5, 5.41) is 30.3. The van der Waals surface area contributed by atoms with Crippen molar-refractivity contribution in [3.63, 3.8) is 0 Å². The number of carboxylic acids is 1. The van der Waals surface area contributed by atoms with Crippen molar-refractivity contribution >= 4 is 16.7 Å². The van der Waals surface area contributed by atoms with E-state index in [4.69, 9.17) is 5.11 Å². The zero-order chi connectivity index (χ0) is 14.0. The van der Waals surface area contributed by atoms with E-state index in [0.717, 1.165) is 16.3 Å². The molecule has 0 fully saturated rings. The zero-order valence-electron chi connectivity index (χ0n) is 10.6. The van der Waals surface area contributed by atoms with E-state index in [-0.39, 0.29) is 0 Å². The molecule has 0 aliphatic carbocycles. The smallest absolute Gasteiger partial charge is 0.306 e. The Kier molecular flexibility index (Phi) is 3.83. The van der Waals surface area contributed by atoms with E-state index in [1.807, 2.05) is 37.3 Å². The largest absolute Gasteiger partial charge is 0.481 e. The van der Waals surface area contributed by atoms with Crippen molar-refractivity contribution in [2.24, 2.45) is 0 Å². The first-order valence-electron chi connectivity index (χ1n) is 6.07. The van der Waals surface area contributed by atoms with Gasteiger partial charge in [0.25, 0.3) is 0 Å². The van der Waals surface area contributed by atoms with Crippen LogP contribution in [0.2, 0.25) is 0 Å². The molecule has 19 heavy (non-hydrogen) atoms. The lowest BCUT2D eigenvalue weighted by Crippen LogP contribution is -2.22. The fraction of sp³-hybridized carbons (Fsp3) is 0.267. The summed E-state index contributed by atoms with van der Waals surface area (Å²) >= 11 is 0. The summed E-state index contributed by atoms with van der Waals surface area (Å²) in [7, 11) is 0. The third-order valence-corrected chi connectivity index (χ3v) is 3.24. The minimum atomic E-state index is -1.32. The maximum atomic E-state index is 10.6. The molecule has 100 valence electrons. The fourth-order valence-corrected chi connectivity index (χ4v) is 2.23. The summed E-state index contributed by atoms with van der Waals surface area (Å²) in [6, 6.07) is 11.1. The van der Waals surface area contributed by atoms with Crippen molar-refractivity contribution in [1.82, 2.24) is 0 Å². The van der Waals surface area contributed by atoms with Crippen LogP contribution in [0.15, 0.2) is 36.4 Å². The minimum absolute atomic E-state index is 0.483. The van der Waals surface area contributed by atoms with Gasteiger partial charge in [0.15, 0.2) is 0 Å². The first kappa shape index (κ1) is 13.5. The molecule has 0 saturated carbocycles. The normalized spacial score (nSPS) is 14.3. The van der Waals surface area contributed by atoms with Gasteiger partial charge >= 0.3 is 5.97 Å². The number of rotatable bonds is 4. The lowest BCUT2D eigenvalue weighted by Gasteiger charge is -2.19. The van der Waals surface area contributed by atoms with Gasteiger partial charge in [0.05, 0.1) is 12.5 Å². The topological polar surface area (TPSA) is 77.8 Å². The van der Waals surface area contributed by atoms with Crippen LogP contribution in [0.4, 0.5) is 0 Å². The van der Waals surface area contributed by atoms with Gasteiger partial charge in [0.1, 0.15) is 6.10 Å². The van der Waals surface area contributed by atoms with Gasteiger partial charge in [0.2, 0.25) is 0 Å². The maximum Gasteiger partial charge on any atom is 0.306 e. The van der Waals surface area contributed by atoms with Gasteiger partial charge in [0, 0.05) is 0 Å². The van der Waals surface area contributed by atoms with Crippen molar-refractivity contribution in [3.05, 3.63) is 47.5 Å². The minimum Gasteiger partial charge on any atom is -0.481 e. The molecule has 4 nitrogen and oxygen atoms in total. The monoisotopic (exact) mass is 260 g/mol. The first-order valence-corrected chi connectivity index (χ1v) is 6.07. The molecule has 3 N–H and O–H groups in total. The molecule has 0 bridgehead atoms. The Morgan fingerprint density at radius 3 is 2.37 bits per heavy atom. The van der Waals surface area contributed by atoms with E-state index in [2.05, 4.69) is 0 Å². The van der Waals surface area contributed by atoms with Crippen LogP contribution in [0.5, 0.6) is 0 Å². The number of aliphatic carboxylic acids is 1. The van der Waals surface area contributed by atoms with E-state index < -0.39 is 24.6 Å². The number of aliphatic hydroxyl groups is 2. The zero-order valence-corrected chi connectivity index (χ0v) is 10.6. The molecule has 0 amide bonds. The van der Waals surface area contributed by atoms with Gasteiger partial charge in [-0.25, -0.2) is 0 Å². The fourth-order valence-electron chi connectivity index (χ4n) is 2.23. The lowest BCUT2D eigenvalue weighted by molar-refractivity contribution is -0.141. The van der Waals surface area contributed by atoms with Crippen LogP contribution in [-0.2, 0) is 4.79 Å². The van der Waals surface area contributed by atoms with Gasteiger partial charge in [-0.1, -0.05) is 36.4 Å². The third-order valence-electron chi connectivity index (χ3n) is 3.24. The number of fused-ring (bicyclic) bond motifs is 1. The molecule has 0 aliphatic heterocycles. The molecule has 2 unspecified atom stereocenters. The third kappa shape index (κ3) is 2.75. The Balaban J connectivity index is 2.45. The lowest BCUT2D eigenvalue weighted by atomic mass is 9.94. The van der Waals surface area contributed by atoms with E-state index in [0.29, 0.717) is 5.56 Å². The number of carboxylic acid groups (broad SMARTS) is 1. The quantitative estimate of drug-likeness (QED) is 0.786. The second-order valence-corrected chi connectivity index (χ2v) is 4.63. The molecule has 0 spiro atoms. The van der Waals surface area contributed by atoms with Crippen LogP contribution in [0, 0.1) is 6.92 Å². The number of hydrogen-bond acceptors (Lipinski definition) is 3. The predicted molar refractivity (Wildman–Crippen MR) is 71.9 cm³/mol.